The first-order valence-corrected chi connectivity index (χ1v) is 7.50. The summed E-state index contributed by atoms with van der Waals surface area (Å²) in [5.74, 6) is 0.823. The maximum absolute atomic E-state index is 11.6. The maximum atomic E-state index is 11.6. The smallest absolute Gasteiger partial charge is 0.239 e. The number of rotatable bonds is 10. The zero-order chi connectivity index (χ0) is 14.6. The van der Waals surface area contributed by atoms with Gasteiger partial charge >= 0.3 is 0 Å². The summed E-state index contributed by atoms with van der Waals surface area (Å²) in [5.41, 5.74) is 0.870. The van der Waals surface area contributed by atoms with Gasteiger partial charge in [-0.1, -0.05) is 38.8 Å². The zero-order valence-corrected chi connectivity index (χ0v) is 12.6. The number of hydrogen-bond acceptors (Lipinski definition) is 3. The Hall–Kier alpha value is -1.71. The van der Waals surface area contributed by atoms with E-state index in [1.165, 1.54) is 0 Å². The molecular formula is C16H26N2O2. The minimum Gasteiger partial charge on any atom is -0.491 e. The summed E-state index contributed by atoms with van der Waals surface area (Å²) in [5, 5.41) is 6.01. The van der Waals surface area contributed by atoms with Gasteiger partial charge in [0.2, 0.25) is 5.91 Å². The Morgan fingerprint density at radius 2 is 1.90 bits per heavy atom. The number of ether oxygens (including phenoxy) is 1. The van der Waals surface area contributed by atoms with Crippen LogP contribution in [0, 0.1) is 0 Å². The largest absolute Gasteiger partial charge is 0.491 e. The van der Waals surface area contributed by atoms with Gasteiger partial charge < -0.3 is 15.4 Å². The van der Waals surface area contributed by atoms with E-state index in [9.17, 15) is 4.79 Å². The number of nitrogens with one attached hydrogen (secondary N) is 2. The third-order valence-electron chi connectivity index (χ3n) is 2.93. The van der Waals surface area contributed by atoms with Gasteiger partial charge in [0.05, 0.1) is 18.8 Å². The molecule has 0 aliphatic carbocycles. The first-order valence-electron chi connectivity index (χ1n) is 7.50. The molecule has 1 aromatic carbocycles. The van der Waals surface area contributed by atoms with Crippen molar-refractivity contribution in [1.82, 2.24) is 5.32 Å². The topological polar surface area (TPSA) is 50.4 Å². The number of unbranched alkanes of at least 4 members (excludes halogenated alkanes) is 2. The highest BCUT2D eigenvalue weighted by molar-refractivity contribution is 5.81. The van der Waals surface area contributed by atoms with Crippen LogP contribution in [0.25, 0.3) is 0 Å². The van der Waals surface area contributed by atoms with E-state index in [4.69, 9.17) is 4.74 Å². The van der Waals surface area contributed by atoms with Gasteiger partial charge in [0.15, 0.2) is 0 Å². The lowest BCUT2D eigenvalue weighted by Crippen LogP contribution is -2.30. The molecule has 0 unspecified atom stereocenters. The SMILES string of the molecule is CCCCNC(=O)CNc1ccccc1OCCCC. The highest BCUT2D eigenvalue weighted by atomic mass is 16.5. The van der Waals surface area contributed by atoms with Crippen molar-refractivity contribution in [1.29, 1.82) is 0 Å². The Kier molecular flexibility index (Phi) is 8.27. The van der Waals surface area contributed by atoms with Crippen molar-refractivity contribution >= 4 is 11.6 Å². The van der Waals surface area contributed by atoms with Crippen LogP contribution >= 0.6 is 0 Å². The lowest BCUT2D eigenvalue weighted by molar-refractivity contribution is -0.119. The lowest BCUT2D eigenvalue weighted by atomic mass is 10.3. The third kappa shape index (κ3) is 6.45. The van der Waals surface area contributed by atoms with Crippen LogP contribution in [-0.4, -0.2) is 25.6 Å². The van der Waals surface area contributed by atoms with E-state index in [0.717, 1.165) is 43.7 Å². The van der Waals surface area contributed by atoms with Crippen molar-refractivity contribution in [3.8, 4) is 5.75 Å². The average molecular weight is 278 g/mol. The number of hydrogen-bond donors (Lipinski definition) is 2. The summed E-state index contributed by atoms with van der Waals surface area (Å²) >= 11 is 0. The Balaban J connectivity index is 2.40. The molecule has 1 aromatic rings. The van der Waals surface area contributed by atoms with E-state index in [1.807, 2.05) is 24.3 Å². The fourth-order valence-corrected chi connectivity index (χ4v) is 1.71. The second-order valence-corrected chi connectivity index (χ2v) is 4.76. The van der Waals surface area contributed by atoms with Crippen molar-refractivity contribution in [3.63, 3.8) is 0 Å². The number of amides is 1. The molecule has 20 heavy (non-hydrogen) atoms. The van der Waals surface area contributed by atoms with Crippen molar-refractivity contribution in [2.45, 2.75) is 39.5 Å². The standard InChI is InChI=1S/C16H26N2O2/c1-3-5-11-17-16(19)13-18-14-9-7-8-10-15(14)20-12-6-4-2/h7-10,18H,3-6,11-13H2,1-2H3,(H,17,19). The van der Waals surface area contributed by atoms with Gasteiger partial charge in [-0.05, 0) is 25.0 Å². The highest BCUT2D eigenvalue weighted by Gasteiger charge is 2.05. The second-order valence-electron chi connectivity index (χ2n) is 4.76. The first kappa shape index (κ1) is 16.3. The summed E-state index contributed by atoms with van der Waals surface area (Å²) in [7, 11) is 0. The molecule has 2 N–H and O–H groups in total. The number of anilines is 1. The fraction of sp³-hybridized carbons (Fsp3) is 0.562. The van der Waals surface area contributed by atoms with E-state index in [0.29, 0.717) is 6.61 Å². The number of para-hydroxylation sites is 2. The molecule has 0 fully saturated rings. The van der Waals surface area contributed by atoms with Crippen LogP contribution in [-0.2, 0) is 4.79 Å². The summed E-state index contributed by atoms with van der Waals surface area (Å²) < 4.78 is 5.71. The van der Waals surface area contributed by atoms with Crippen LogP contribution in [0.4, 0.5) is 5.69 Å². The van der Waals surface area contributed by atoms with Crippen molar-refractivity contribution in [3.05, 3.63) is 24.3 Å². The van der Waals surface area contributed by atoms with E-state index in [-0.39, 0.29) is 12.5 Å². The Labute approximate surface area is 121 Å². The summed E-state index contributed by atoms with van der Waals surface area (Å²) in [4.78, 5) is 11.6. The average Bonchev–Trinajstić information content (AvgIpc) is 2.47. The number of carbonyl (C=O) groups is 1. The minimum absolute atomic E-state index is 0.0156. The number of carbonyl (C=O) groups excluding carboxylic acids is 1. The molecular weight excluding hydrogens is 252 g/mol. The molecule has 0 bridgehead atoms. The predicted molar refractivity (Wildman–Crippen MR) is 83.3 cm³/mol. The Bertz CT molecular complexity index is 394. The molecule has 0 saturated carbocycles. The summed E-state index contributed by atoms with van der Waals surface area (Å²) in [6.07, 6.45) is 4.24. The second kappa shape index (κ2) is 10.1. The lowest BCUT2D eigenvalue weighted by Gasteiger charge is -2.13. The quantitative estimate of drug-likeness (QED) is 0.646. The van der Waals surface area contributed by atoms with Crippen LogP contribution in [0.1, 0.15) is 39.5 Å². The normalized spacial score (nSPS) is 10.1. The van der Waals surface area contributed by atoms with Crippen LogP contribution in [0.3, 0.4) is 0 Å². The van der Waals surface area contributed by atoms with Gasteiger partial charge in [0.25, 0.3) is 0 Å². The molecule has 0 aliphatic rings. The minimum atomic E-state index is 0.0156. The highest BCUT2D eigenvalue weighted by Crippen LogP contribution is 2.23. The molecule has 0 heterocycles. The Morgan fingerprint density at radius 3 is 2.65 bits per heavy atom. The first-order chi connectivity index (χ1) is 9.77. The molecule has 0 atom stereocenters. The van der Waals surface area contributed by atoms with E-state index >= 15 is 0 Å². The zero-order valence-electron chi connectivity index (χ0n) is 12.6. The fourth-order valence-electron chi connectivity index (χ4n) is 1.71. The molecule has 1 rings (SSSR count). The Morgan fingerprint density at radius 1 is 1.15 bits per heavy atom. The van der Waals surface area contributed by atoms with Crippen LogP contribution in [0.5, 0.6) is 5.75 Å². The van der Waals surface area contributed by atoms with Crippen molar-refractivity contribution in [2.24, 2.45) is 0 Å². The molecule has 0 saturated heterocycles. The molecule has 1 amide bonds. The maximum Gasteiger partial charge on any atom is 0.239 e. The molecule has 0 radical (unpaired) electrons. The molecule has 0 aromatic heterocycles. The summed E-state index contributed by atoms with van der Waals surface area (Å²) in [6, 6.07) is 7.73. The van der Waals surface area contributed by atoms with Crippen LogP contribution in [0.15, 0.2) is 24.3 Å². The van der Waals surface area contributed by atoms with E-state index in [2.05, 4.69) is 24.5 Å². The van der Waals surface area contributed by atoms with Gasteiger partial charge in [0, 0.05) is 6.54 Å². The van der Waals surface area contributed by atoms with Crippen LogP contribution in [0.2, 0.25) is 0 Å². The van der Waals surface area contributed by atoms with E-state index in [1.54, 1.807) is 0 Å². The molecule has 4 heteroatoms. The van der Waals surface area contributed by atoms with Gasteiger partial charge in [-0.15, -0.1) is 0 Å². The number of benzene rings is 1. The van der Waals surface area contributed by atoms with Gasteiger partial charge in [-0.3, -0.25) is 4.79 Å². The monoisotopic (exact) mass is 278 g/mol. The molecule has 0 spiro atoms. The van der Waals surface area contributed by atoms with Gasteiger partial charge in [-0.2, -0.15) is 0 Å². The van der Waals surface area contributed by atoms with E-state index < -0.39 is 0 Å². The molecule has 112 valence electrons. The van der Waals surface area contributed by atoms with Crippen molar-refractivity contribution < 1.29 is 9.53 Å². The van der Waals surface area contributed by atoms with Gasteiger partial charge in [0.1, 0.15) is 5.75 Å². The van der Waals surface area contributed by atoms with Crippen molar-refractivity contribution in [2.75, 3.05) is 25.0 Å². The molecule has 4 nitrogen and oxygen atoms in total. The van der Waals surface area contributed by atoms with Crippen LogP contribution < -0.4 is 15.4 Å². The predicted octanol–water partition coefficient (Wildman–Crippen LogP) is 3.19. The van der Waals surface area contributed by atoms with Gasteiger partial charge in [-0.25, -0.2) is 0 Å². The third-order valence-corrected chi connectivity index (χ3v) is 2.93. The summed E-state index contributed by atoms with van der Waals surface area (Å²) in [6.45, 7) is 5.96. The molecule has 0 aliphatic heterocycles.